The molecule has 2 fully saturated rings. The number of ether oxygens (including phenoxy) is 1. The summed E-state index contributed by atoms with van der Waals surface area (Å²) in [5.41, 5.74) is 4.05. The molecular formula is C38H46Cl2IN3O3. The lowest BCUT2D eigenvalue weighted by Gasteiger charge is -2.50. The summed E-state index contributed by atoms with van der Waals surface area (Å²) in [4.78, 5) is 28.6. The molecule has 6 rings (SSSR count). The van der Waals surface area contributed by atoms with E-state index in [-0.39, 0.29) is 52.8 Å². The standard InChI is InChI=1S/C38H45Cl2N3O3.HI/c1-27(2)46-31-10-6-8-28(22-31)23-36(45)42-18-7-14-37(26-42,30-12-13-33(39)34(40)25-30)15-19-43(3)20-16-38(17-21-43)32-11-5-4-9-29(32)24-35(44)41-38;/h4-6,8-13,22,25,27H,7,14-21,23-24,26H2,1-3H3;1H. The first-order valence-electron chi connectivity index (χ1n) is 16.7. The van der Waals surface area contributed by atoms with Crippen molar-refractivity contribution in [2.75, 3.05) is 39.8 Å². The van der Waals surface area contributed by atoms with Crippen molar-refractivity contribution in [2.45, 2.75) is 75.9 Å². The number of carbonyl (C=O) groups is 2. The predicted octanol–water partition coefficient (Wildman–Crippen LogP) is 4.09. The van der Waals surface area contributed by atoms with Gasteiger partial charge in [-0.3, -0.25) is 9.59 Å². The molecule has 2 amide bonds. The maximum atomic E-state index is 13.8. The van der Waals surface area contributed by atoms with Crippen LogP contribution in [-0.2, 0) is 33.4 Å². The second kappa shape index (κ2) is 14.7. The molecule has 3 aromatic carbocycles. The zero-order valence-corrected chi connectivity index (χ0v) is 31.3. The minimum Gasteiger partial charge on any atom is -1.00 e. The molecule has 6 nitrogen and oxygen atoms in total. The fourth-order valence-corrected chi connectivity index (χ4v) is 8.29. The molecular weight excluding hydrogens is 744 g/mol. The number of hydrogen-bond acceptors (Lipinski definition) is 3. The van der Waals surface area contributed by atoms with E-state index in [9.17, 15) is 9.59 Å². The number of rotatable bonds is 8. The van der Waals surface area contributed by atoms with Crippen molar-refractivity contribution in [3.05, 3.63) is 99.0 Å². The lowest BCUT2D eigenvalue weighted by Crippen LogP contribution is -3.00. The van der Waals surface area contributed by atoms with E-state index in [0.717, 1.165) is 85.2 Å². The van der Waals surface area contributed by atoms with Crippen molar-refractivity contribution in [1.29, 1.82) is 0 Å². The summed E-state index contributed by atoms with van der Waals surface area (Å²) in [7, 11) is 2.35. The van der Waals surface area contributed by atoms with Gasteiger partial charge < -0.3 is 43.4 Å². The molecule has 1 N–H and O–H groups in total. The molecule has 1 atom stereocenters. The molecule has 3 heterocycles. The average molecular weight is 791 g/mol. The number of likely N-dealkylation sites (tertiary alicyclic amines) is 2. The first-order valence-corrected chi connectivity index (χ1v) is 17.5. The summed E-state index contributed by atoms with van der Waals surface area (Å²) >= 11 is 13.0. The molecule has 3 aromatic rings. The van der Waals surface area contributed by atoms with Gasteiger partial charge in [-0.25, -0.2) is 0 Å². The molecule has 1 unspecified atom stereocenters. The summed E-state index contributed by atoms with van der Waals surface area (Å²) < 4.78 is 6.81. The fraction of sp³-hybridized carbons (Fsp3) is 0.474. The Morgan fingerprint density at radius 1 is 1.00 bits per heavy atom. The van der Waals surface area contributed by atoms with Gasteiger partial charge in [0.25, 0.3) is 0 Å². The van der Waals surface area contributed by atoms with Gasteiger partial charge >= 0.3 is 0 Å². The largest absolute Gasteiger partial charge is 1.00 e. The normalized spacial score (nSPS) is 25.6. The van der Waals surface area contributed by atoms with Crippen LogP contribution in [0.2, 0.25) is 10.0 Å². The number of quaternary nitrogens is 1. The molecule has 1 spiro atoms. The van der Waals surface area contributed by atoms with Crippen LogP contribution in [0.1, 0.15) is 68.2 Å². The van der Waals surface area contributed by atoms with E-state index in [1.54, 1.807) is 0 Å². The average Bonchev–Trinajstić information content (AvgIpc) is 3.03. The highest BCUT2D eigenvalue weighted by Crippen LogP contribution is 2.43. The molecule has 252 valence electrons. The highest BCUT2D eigenvalue weighted by molar-refractivity contribution is 6.42. The monoisotopic (exact) mass is 789 g/mol. The molecule has 9 heteroatoms. The summed E-state index contributed by atoms with van der Waals surface area (Å²) in [6.07, 6.45) is 5.55. The minimum absolute atomic E-state index is 0. The molecule has 47 heavy (non-hydrogen) atoms. The van der Waals surface area contributed by atoms with Crippen molar-refractivity contribution >= 4 is 35.0 Å². The van der Waals surface area contributed by atoms with Gasteiger partial charge in [0, 0.05) is 37.8 Å². The van der Waals surface area contributed by atoms with Gasteiger partial charge in [-0.05, 0) is 73.2 Å². The van der Waals surface area contributed by atoms with Crippen LogP contribution in [0.4, 0.5) is 0 Å². The van der Waals surface area contributed by atoms with E-state index < -0.39 is 0 Å². The molecule has 0 radical (unpaired) electrons. The van der Waals surface area contributed by atoms with Crippen LogP contribution in [0.3, 0.4) is 0 Å². The third kappa shape index (κ3) is 7.95. The first-order chi connectivity index (χ1) is 22.0. The van der Waals surface area contributed by atoms with Gasteiger partial charge in [-0.15, -0.1) is 0 Å². The third-order valence-corrected chi connectivity index (χ3v) is 11.4. The number of nitrogens with zero attached hydrogens (tertiary/aromatic N) is 2. The summed E-state index contributed by atoms with van der Waals surface area (Å²) in [6.45, 7) is 8.34. The van der Waals surface area contributed by atoms with Gasteiger partial charge in [0.15, 0.2) is 0 Å². The van der Waals surface area contributed by atoms with Crippen molar-refractivity contribution in [3.8, 4) is 5.75 Å². The quantitative estimate of drug-likeness (QED) is 0.277. The molecule has 0 bridgehead atoms. The van der Waals surface area contributed by atoms with Gasteiger partial charge in [0.2, 0.25) is 11.8 Å². The van der Waals surface area contributed by atoms with E-state index in [4.69, 9.17) is 27.9 Å². The van der Waals surface area contributed by atoms with E-state index in [2.05, 4.69) is 41.5 Å². The molecule has 0 saturated carbocycles. The lowest BCUT2D eigenvalue weighted by atomic mass is 9.70. The zero-order valence-electron chi connectivity index (χ0n) is 27.7. The number of nitrogens with one attached hydrogen (secondary N) is 1. The highest BCUT2D eigenvalue weighted by atomic mass is 127. The van der Waals surface area contributed by atoms with Crippen LogP contribution < -0.4 is 34.0 Å². The van der Waals surface area contributed by atoms with Crippen LogP contribution in [0.25, 0.3) is 0 Å². The number of carbonyl (C=O) groups excluding carboxylic acids is 2. The Morgan fingerprint density at radius 2 is 1.77 bits per heavy atom. The number of fused-ring (bicyclic) bond motifs is 2. The van der Waals surface area contributed by atoms with Crippen LogP contribution in [0, 0.1) is 0 Å². The maximum absolute atomic E-state index is 13.8. The topological polar surface area (TPSA) is 58.6 Å². The second-order valence-corrected chi connectivity index (χ2v) is 15.1. The van der Waals surface area contributed by atoms with E-state index in [1.165, 1.54) is 5.56 Å². The SMILES string of the molecule is CC(C)Oc1cccc(CC(=O)N2CCCC(CC[N+]3(C)CCC4(CC3)NC(=O)Cc3ccccc34)(c3ccc(Cl)c(Cl)c3)C2)c1.[I-]. The van der Waals surface area contributed by atoms with Gasteiger partial charge in [0.1, 0.15) is 5.75 Å². The van der Waals surface area contributed by atoms with Crippen molar-refractivity contribution in [1.82, 2.24) is 10.2 Å². The van der Waals surface area contributed by atoms with Crippen LogP contribution in [0.15, 0.2) is 66.7 Å². The molecule has 0 aromatic heterocycles. The van der Waals surface area contributed by atoms with Gasteiger partial charge in [-0.1, -0.05) is 65.7 Å². The highest BCUT2D eigenvalue weighted by Gasteiger charge is 2.47. The Labute approximate surface area is 306 Å². The minimum atomic E-state index is -0.281. The summed E-state index contributed by atoms with van der Waals surface area (Å²) in [5.74, 6) is 1.05. The first kappa shape index (κ1) is 36.0. The molecule has 2 saturated heterocycles. The number of benzene rings is 3. The van der Waals surface area contributed by atoms with Crippen LogP contribution in [0.5, 0.6) is 5.75 Å². The van der Waals surface area contributed by atoms with Gasteiger partial charge in [0.05, 0.1) is 61.2 Å². The number of halogens is 3. The second-order valence-electron chi connectivity index (χ2n) is 14.3. The van der Waals surface area contributed by atoms with E-state index in [1.807, 2.05) is 56.3 Å². The van der Waals surface area contributed by atoms with Gasteiger partial charge in [-0.2, -0.15) is 0 Å². The molecule has 0 aliphatic carbocycles. The van der Waals surface area contributed by atoms with Crippen molar-refractivity contribution in [2.24, 2.45) is 0 Å². The lowest BCUT2D eigenvalue weighted by molar-refractivity contribution is -0.916. The smallest absolute Gasteiger partial charge is 0.227 e. The summed E-state index contributed by atoms with van der Waals surface area (Å²) in [5, 5.41) is 4.49. The summed E-state index contributed by atoms with van der Waals surface area (Å²) in [6, 6.07) is 22.3. The van der Waals surface area contributed by atoms with E-state index in [0.29, 0.717) is 29.4 Å². The fourth-order valence-electron chi connectivity index (χ4n) is 7.99. The molecule has 3 aliphatic heterocycles. The van der Waals surface area contributed by atoms with E-state index >= 15 is 0 Å². The Kier molecular flexibility index (Phi) is 11.2. The Bertz CT molecular complexity index is 1610. The maximum Gasteiger partial charge on any atom is 0.227 e. The number of hydrogen-bond donors (Lipinski definition) is 1. The zero-order chi connectivity index (χ0) is 32.5. The number of piperidine rings is 2. The third-order valence-electron chi connectivity index (χ3n) is 10.6. The van der Waals surface area contributed by atoms with Crippen LogP contribution >= 0.6 is 23.2 Å². The Balaban J connectivity index is 0.00000433. The molecule has 3 aliphatic rings. The van der Waals surface area contributed by atoms with Crippen molar-refractivity contribution in [3.63, 3.8) is 0 Å². The van der Waals surface area contributed by atoms with Crippen LogP contribution in [-0.4, -0.2) is 67.1 Å². The Hall–Kier alpha value is -2.33. The predicted molar refractivity (Wildman–Crippen MR) is 184 cm³/mol. The van der Waals surface area contributed by atoms with Crippen molar-refractivity contribution < 1.29 is 42.8 Å². The number of amides is 2. The Morgan fingerprint density at radius 3 is 2.51 bits per heavy atom.